The number of hydrogen-bond donors (Lipinski definition) is 1. The van der Waals surface area contributed by atoms with Crippen LogP contribution in [-0.4, -0.2) is 40.6 Å². The molecule has 1 saturated heterocycles. The molecule has 20 heavy (non-hydrogen) atoms. The highest BCUT2D eigenvalue weighted by Gasteiger charge is 2.31. The van der Waals surface area contributed by atoms with E-state index in [1.54, 1.807) is 0 Å². The summed E-state index contributed by atoms with van der Waals surface area (Å²) >= 11 is 0. The van der Waals surface area contributed by atoms with E-state index in [0.29, 0.717) is 25.8 Å². The van der Waals surface area contributed by atoms with Gasteiger partial charge in [-0.05, 0) is 25.7 Å². The van der Waals surface area contributed by atoms with E-state index in [1.807, 2.05) is 10.8 Å². The van der Waals surface area contributed by atoms with E-state index in [0.717, 1.165) is 17.9 Å². The van der Waals surface area contributed by atoms with Crippen LogP contribution in [0.2, 0.25) is 0 Å². The zero-order valence-electron chi connectivity index (χ0n) is 11.2. The molecule has 3 heterocycles. The number of carboxylic acid groups (broad SMARTS) is 1. The predicted molar refractivity (Wildman–Crippen MR) is 72.3 cm³/mol. The number of aromatic nitrogens is 2. The van der Waals surface area contributed by atoms with E-state index in [9.17, 15) is 13.2 Å². The Balaban J connectivity index is 1.83. The number of aliphatic carboxylic acids is 1. The molecule has 2 aliphatic heterocycles. The van der Waals surface area contributed by atoms with Gasteiger partial charge in [-0.3, -0.25) is 4.79 Å². The lowest BCUT2D eigenvalue weighted by molar-refractivity contribution is -0.142. The highest BCUT2D eigenvalue weighted by molar-refractivity contribution is 7.91. The Hall–Kier alpha value is -1.37. The van der Waals surface area contributed by atoms with Crippen LogP contribution in [0.25, 0.3) is 0 Å². The van der Waals surface area contributed by atoms with Gasteiger partial charge in [-0.15, -0.1) is 0 Å². The summed E-state index contributed by atoms with van der Waals surface area (Å²) in [5, 5.41) is 9.16. The summed E-state index contributed by atoms with van der Waals surface area (Å²) in [7, 11) is -2.88. The maximum absolute atomic E-state index is 11.5. The SMILES string of the molecule is O=C(O)C1CCc2cnc(C3CCS(=O)(=O)CC3)n2C1. The van der Waals surface area contributed by atoms with E-state index in [-0.39, 0.29) is 23.3 Å². The Morgan fingerprint density at radius 2 is 2.00 bits per heavy atom. The van der Waals surface area contributed by atoms with Crippen LogP contribution in [0.1, 0.15) is 36.7 Å². The Kier molecular flexibility index (Phi) is 3.32. The molecule has 0 amide bonds. The molecule has 2 aliphatic rings. The van der Waals surface area contributed by atoms with Crippen LogP contribution < -0.4 is 0 Å². The second-order valence-electron chi connectivity index (χ2n) is 5.72. The normalized spacial score (nSPS) is 26.1. The fourth-order valence-corrected chi connectivity index (χ4v) is 4.64. The highest BCUT2D eigenvalue weighted by Crippen LogP contribution is 2.31. The van der Waals surface area contributed by atoms with E-state index in [4.69, 9.17) is 5.11 Å². The number of nitrogens with zero attached hydrogens (tertiary/aromatic N) is 2. The van der Waals surface area contributed by atoms with Gasteiger partial charge in [-0.1, -0.05) is 0 Å². The van der Waals surface area contributed by atoms with Gasteiger partial charge in [0.05, 0.1) is 17.4 Å². The smallest absolute Gasteiger partial charge is 0.308 e. The van der Waals surface area contributed by atoms with Crippen LogP contribution in [0, 0.1) is 5.92 Å². The van der Waals surface area contributed by atoms with Gasteiger partial charge in [0, 0.05) is 24.4 Å². The molecule has 6 nitrogen and oxygen atoms in total. The second-order valence-corrected chi connectivity index (χ2v) is 8.02. The first-order valence-corrected chi connectivity index (χ1v) is 8.76. The summed E-state index contributed by atoms with van der Waals surface area (Å²) in [6, 6.07) is 0. The highest BCUT2D eigenvalue weighted by atomic mass is 32.2. The van der Waals surface area contributed by atoms with Gasteiger partial charge in [-0.25, -0.2) is 13.4 Å². The zero-order chi connectivity index (χ0) is 14.3. The minimum absolute atomic E-state index is 0.139. The fourth-order valence-electron chi connectivity index (χ4n) is 3.15. The Bertz CT molecular complexity index is 621. The van der Waals surface area contributed by atoms with Crippen LogP contribution >= 0.6 is 0 Å². The number of sulfone groups is 1. The monoisotopic (exact) mass is 298 g/mol. The summed E-state index contributed by atoms with van der Waals surface area (Å²) in [4.78, 5) is 15.6. The van der Waals surface area contributed by atoms with Crippen molar-refractivity contribution in [2.75, 3.05) is 11.5 Å². The average molecular weight is 298 g/mol. The molecule has 1 aromatic rings. The van der Waals surface area contributed by atoms with Crippen LogP contribution in [0.4, 0.5) is 0 Å². The lowest BCUT2D eigenvalue weighted by atomic mass is 9.96. The molecule has 1 fully saturated rings. The number of carboxylic acids is 1. The zero-order valence-corrected chi connectivity index (χ0v) is 12.0. The fraction of sp³-hybridized carbons (Fsp3) is 0.692. The summed E-state index contributed by atoms with van der Waals surface area (Å²) < 4.78 is 25.0. The minimum Gasteiger partial charge on any atom is -0.481 e. The molecule has 7 heteroatoms. The molecule has 1 unspecified atom stereocenters. The van der Waals surface area contributed by atoms with E-state index in [2.05, 4.69) is 4.98 Å². The summed E-state index contributed by atoms with van der Waals surface area (Å²) in [6.07, 6.45) is 4.39. The largest absolute Gasteiger partial charge is 0.481 e. The summed E-state index contributed by atoms with van der Waals surface area (Å²) in [6.45, 7) is 0.462. The van der Waals surface area contributed by atoms with Crippen molar-refractivity contribution in [2.24, 2.45) is 5.92 Å². The maximum Gasteiger partial charge on any atom is 0.308 e. The molecule has 0 saturated carbocycles. The molecule has 1 atom stereocenters. The maximum atomic E-state index is 11.5. The number of imidazole rings is 1. The van der Waals surface area contributed by atoms with Crippen molar-refractivity contribution >= 4 is 15.8 Å². The van der Waals surface area contributed by atoms with Crippen LogP contribution in [0.5, 0.6) is 0 Å². The molecular weight excluding hydrogens is 280 g/mol. The van der Waals surface area contributed by atoms with Crippen molar-refractivity contribution < 1.29 is 18.3 Å². The standard InChI is InChI=1S/C13H18N2O4S/c16-13(17)10-1-2-11-7-14-12(15(11)8-10)9-3-5-20(18,19)6-4-9/h7,9-10H,1-6,8H2,(H,16,17). The van der Waals surface area contributed by atoms with Crippen molar-refractivity contribution in [1.82, 2.24) is 9.55 Å². The third-order valence-corrected chi connectivity index (χ3v) is 6.11. The lowest BCUT2D eigenvalue weighted by Crippen LogP contribution is -2.29. The van der Waals surface area contributed by atoms with Crippen molar-refractivity contribution in [3.8, 4) is 0 Å². The van der Waals surface area contributed by atoms with Gasteiger partial charge < -0.3 is 9.67 Å². The first-order valence-electron chi connectivity index (χ1n) is 6.94. The number of fused-ring (bicyclic) bond motifs is 1. The number of rotatable bonds is 2. The first-order chi connectivity index (χ1) is 9.46. The summed E-state index contributed by atoms with van der Waals surface area (Å²) in [5.41, 5.74) is 1.07. The van der Waals surface area contributed by atoms with Crippen molar-refractivity contribution in [1.29, 1.82) is 0 Å². The summed E-state index contributed by atoms with van der Waals surface area (Å²) in [5.74, 6) is 0.315. The van der Waals surface area contributed by atoms with Gasteiger partial charge >= 0.3 is 5.97 Å². The average Bonchev–Trinajstić information content (AvgIpc) is 2.81. The molecule has 0 spiro atoms. The number of hydrogen-bond acceptors (Lipinski definition) is 4. The molecule has 1 N–H and O–H groups in total. The van der Waals surface area contributed by atoms with Gasteiger partial charge in [0.15, 0.2) is 0 Å². The van der Waals surface area contributed by atoms with Crippen molar-refractivity contribution in [3.05, 3.63) is 17.7 Å². The minimum atomic E-state index is -2.88. The quantitative estimate of drug-likeness (QED) is 0.873. The van der Waals surface area contributed by atoms with E-state index < -0.39 is 15.8 Å². The first kappa shape index (κ1) is 13.6. The molecular formula is C13H18N2O4S. The molecule has 1 aromatic heterocycles. The molecule has 3 rings (SSSR count). The van der Waals surface area contributed by atoms with Gasteiger partial charge in [0.2, 0.25) is 0 Å². The van der Waals surface area contributed by atoms with Crippen LogP contribution in [-0.2, 0) is 27.6 Å². The molecule has 0 aliphatic carbocycles. The van der Waals surface area contributed by atoms with Gasteiger partial charge in [0.25, 0.3) is 0 Å². The van der Waals surface area contributed by atoms with Crippen molar-refractivity contribution in [2.45, 2.75) is 38.1 Å². The van der Waals surface area contributed by atoms with Crippen molar-refractivity contribution in [3.63, 3.8) is 0 Å². The number of carbonyl (C=O) groups is 1. The molecule has 0 bridgehead atoms. The number of aryl methyl sites for hydroxylation is 1. The molecule has 110 valence electrons. The van der Waals surface area contributed by atoms with E-state index >= 15 is 0 Å². The second kappa shape index (κ2) is 4.87. The third kappa shape index (κ3) is 2.46. The predicted octanol–water partition coefficient (Wildman–Crippen LogP) is 0.822. The Morgan fingerprint density at radius 3 is 2.65 bits per heavy atom. The van der Waals surface area contributed by atoms with Gasteiger partial charge in [0.1, 0.15) is 15.7 Å². The third-order valence-electron chi connectivity index (χ3n) is 4.39. The van der Waals surface area contributed by atoms with E-state index in [1.165, 1.54) is 0 Å². The Morgan fingerprint density at radius 1 is 1.30 bits per heavy atom. The lowest BCUT2D eigenvalue weighted by Gasteiger charge is -2.27. The molecule has 0 radical (unpaired) electrons. The topological polar surface area (TPSA) is 89.3 Å². The Labute approximate surface area is 117 Å². The van der Waals surface area contributed by atoms with Gasteiger partial charge in [-0.2, -0.15) is 0 Å². The van der Waals surface area contributed by atoms with Crippen LogP contribution in [0.3, 0.4) is 0 Å². The van der Waals surface area contributed by atoms with Crippen LogP contribution in [0.15, 0.2) is 6.20 Å². The molecule has 0 aromatic carbocycles.